The third-order valence-corrected chi connectivity index (χ3v) is 2.88. The molecule has 1 heterocycles. The van der Waals surface area contributed by atoms with Gasteiger partial charge in [0.1, 0.15) is 5.82 Å². The highest BCUT2D eigenvalue weighted by Gasteiger charge is 1.99. The number of hydrogen-bond acceptors (Lipinski definition) is 3. The zero-order valence-electron chi connectivity index (χ0n) is 10.9. The number of aromatic nitrogens is 2. The Balaban J connectivity index is 1.83. The third-order valence-electron chi connectivity index (χ3n) is 2.88. The van der Waals surface area contributed by atoms with Gasteiger partial charge in [0.15, 0.2) is 0 Å². The fourth-order valence-corrected chi connectivity index (χ4v) is 1.76. The van der Waals surface area contributed by atoms with Crippen molar-refractivity contribution < 1.29 is 0 Å². The van der Waals surface area contributed by atoms with Gasteiger partial charge in [-0.3, -0.25) is 0 Å². The molecule has 0 saturated carbocycles. The highest BCUT2D eigenvalue weighted by Crippen LogP contribution is 2.14. The van der Waals surface area contributed by atoms with Crippen LogP contribution in [0.2, 0.25) is 0 Å². The van der Waals surface area contributed by atoms with E-state index >= 15 is 0 Å². The molecule has 18 heavy (non-hydrogen) atoms. The van der Waals surface area contributed by atoms with Crippen LogP contribution in [0, 0.1) is 0 Å². The van der Waals surface area contributed by atoms with Crippen LogP contribution in [0.3, 0.4) is 0 Å². The van der Waals surface area contributed by atoms with Crippen LogP contribution in [0.25, 0.3) is 0 Å². The number of nitrogens with one attached hydrogen (secondary N) is 1. The van der Waals surface area contributed by atoms with Gasteiger partial charge in [-0.1, -0.05) is 38.1 Å². The van der Waals surface area contributed by atoms with Gasteiger partial charge in [0, 0.05) is 18.9 Å². The van der Waals surface area contributed by atoms with Gasteiger partial charge in [-0.2, -0.15) is 0 Å². The molecule has 2 rings (SSSR count). The maximum absolute atomic E-state index is 4.17. The Morgan fingerprint density at radius 1 is 1.00 bits per heavy atom. The molecule has 0 spiro atoms. The van der Waals surface area contributed by atoms with Crippen molar-refractivity contribution in [2.75, 3.05) is 0 Å². The van der Waals surface area contributed by atoms with Crippen LogP contribution < -0.4 is 5.32 Å². The molecule has 0 bridgehead atoms. The van der Waals surface area contributed by atoms with Gasteiger partial charge in [0.05, 0.1) is 6.54 Å². The van der Waals surface area contributed by atoms with E-state index in [2.05, 4.69) is 53.4 Å². The van der Waals surface area contributed by atoms with Gasteiger partial charge in [0.25, 0.3) is 0 Å². The van der Waals surface area contributed by atoms with Gasteiger partial charge in [-0.05, 0) is 23.1 Å². The van der Waals surface area contributed by atoms with Crippen molar-refractivity contribution >= 4 is 0 Å². The summed E-state index contributed by atoms with van der Waals surface area (Å²) in [4.78, 5) is 8.35. The highest BCUT2D eigenvalue weighted by atomic mass is 14.9. The molecule has 0 aliphatic rings. The summed E-state index contributed by atoms with van der Waals surface area (Å²) in [7, 11) is 0. The highest BCUT2D eigenvalue weighted by molar-refractivity contribution is 5.24. The van der Waals surface area contributed by atoms with Crippen LogP contribution in [0.15, 0.2) is 42.7 Å². The van der Waals surface area contributed by atoms with Crippen LogP contribution in [-0.2, 0) is 13.1 Å². The molecule has 0 aliphatic carbocycles. The number of rotatable bonds is 5. The minimum absolute atomic E-state index is 0.588. The largest absolute Gasteiger partial charge is 0.306 e. The lowest BCUT2D eigenvalue weighted by Crippen LogP contribution is -2.14. The van der Waals surface area contributed by atoms with Crippen molar-refractivity contribution in [1.82, 2.24) is 15.3 Å². The molecule has 2 aromatic rings. The normalized spacial score (nSPS) is 10.8. The van der Waals surface area contributed by atoms with E-state index in [0.29, 0.717) is 12.5 Å². The maximum Gasteiger partial charge on any atom is 0.141 e. The lowest BCUT2D eigenvalue weighted by atomic mass is 10.0. The SMILES string of the molecule is CC(C)c1ccc(CNCc2ncccn2)cc1. The smallest absolute Gasteiger partial charge is 0.141 e. The first-order valence-electron chi connectivity index (χ1n) is 6.31. The summed E-state index contributed by atoms with van der Waals surface area (Å²) in [6, 6.07) is 10.6. The summed E-state index contributed by atoms with van der Waals surface area (Å²) in [5.41, 5.74) is 2.67. The van der Waals surface area contributed by atoms with Crippen LogP contribution in [-0.4, -0.2) is 9.97 Å². The minimum atomic E-state index is 0.588. The molecule has 0 aliphatic heterocycles. The van der Waals surface area contributed by atoms with Crippen molar-refractivity contribution in [3.8, 4) is 0 Å². The fourth-order valence-electron chi connectivity index (χ4n) is 1.76. The molecule has 94 valence electrons. The fraction of sp³-hybridized carbons (Fsp3) is 0.333. The average molecular weight is 241 g/mol. The van der Waals surface area contributed by atoms with E-state index in [9.17, 15) is 0 Å². The Kier molecular flexibility index (Phi) is 4.42. The van der Waals surface area contributed by atoms with Crippen molar-refractivity contribution in [2.24, 2.45) is 0 Å². The van der Waals surface area contributed by atoms with Crippen LogP contribution >= 0.6 is 0 Å². The van der Waals surface area contributed by atoms with Crippen LogP contribution in [0.1, 0.15) is 36.7 Å². The summed E-state index contributed by atoms with van der Waals surface area (Å²) < 4.78 is 0. The summed E-state index contributed by atoms with van der Waals surface area (Å²) in [5, 5.41) is 3.34. The molecule has 3 heteroatoms. The topological polar surface area (TPSA) is 37.8 Å². The van der Waals surface area contributed by atoms with Crippen molar-refractivity contribution in [1.29, 1.82) is 0 Å². The Hall–Kier alpha value is -1.74. The summed E-state index contributed by atoms with van der Waals surface area (Å²) in [6.45, 7) is 5.96. The first-order chi connectivity index (χ1) is 8.75. The number of nitrogens with zero attached hydrogens (tertiary/aromatic N) is 2. The van der Waals surface area contributed by atoms with Crippen molar-refractivity contribution in [2.45, 2.75) is 32.9 Å². The zero-order valence-corrected chi connectivity index (χ0v) is 10.9. The monoisotopic (exact) mass is 241 g/mol. The van der Waals surface area contributed by atoms with Crippen molar-refractivity contribution in [3.63, 3.8) is 0 Å². The molecule has 1 N–H and O–H groups in total. The first-order valence-corrected chi connectivity index (χ1v) is 6.31. The van der Waals surface area contributed by atoms with Gasteiger partial charge >= 0.3 is 0 Å². The predicted octanol–water partition coefficient (Wildman–Crippen LogP) is 2.89. The third kappa shape index (κ3) is 3.64. The van der Waals surface area contributed by atoms with Gasteiger partial charge in [0.2, 0.25) is 0 Å². The summed E-state index contributed by atoms with van der Waals surface area (Å²) >= 11 is 0. The van der Waals surface area contributed by atoms with Crippen LogP contribution in [0.5, 0.6) is 0 Å². The second-order valence-electron chi connectivity index (χ2n) is 4.66. The van der Waals surface area contributed by atoms with E-state index < -0.39 is 0 Å². The minimum Gasteiger partial charge on any atom is -0.306 e. The van der Waals surface area contributed by atoms with E-state index in [1.165, 1.54) is 11.1 Å². The molecule has 1 aromatic carbocycles. The Bertz CT molecular complexity index is 463. The molecule has 0 amide bonds. The van der Waals surface area contributed by atoms with Gasteiger partial charge < -0.3 is 5.32 Å². The van der Waals surface area contributed by atoms with Crippen LogP contribution in [0.4, 0.5) is 0 Å². The quantitative estimate of drug-likeness (QED) is 0.874. The molecular formula is C15H19N3. The molecule has 3 nitrogen and oxygen atoms in total. The van der Waals surface area contributed by atoms with E-state index in [-0.39, 0.29) is 0 Å². The lowest BCUT2D eigenvalue weighted by Gasteiger charge is -2.07. The molecule has 0 atom stereocenters. The Labute approximate surface area is 108 Å². The molecule has 0 unspecified atom stereocenters. The van der Waals surface area contributed by atoms with E-state index in [1.54, 1.807) is 12.4 Å². The molecule has 1 aromatic heterocycles. The Morgan fingerprint density at radius 2 is 1.67 bits per heavy atom. The van der Waals surface area contributed by atoms with Crippen molar-refractivity contribution in [3.05, 3.63) is 59.7 Å². The van der Waals surface area contributed by atoms with E-state index in [4.69, 9.17) is 0 Å². The number of benzene rings is 1. The Morgan fingerprint density at radius 3 is 2.28 bits per heavy atom. The average Bonchev–Trinajstić information content (AvgIpc) is 2.40. The molecule has 0 fully saturated rings. The summed E-state index contributed by atoms with van der Waals surface area (Å²) in [5.74, 6) is 1.42. The second kappa shape index (κ2) is 6.26. The molecule has 0 radical (unpaired) electrons. The zero-order chi connectivity index (χ0) is 12.8. The van der Waals surface area contributed by atoms with E-state index in [0.717, 1.165) is 12.4 Å². The standard InChI is InChI=1S/C15H19N3/c1-12(2)14-6-4-13(5-7-14)10-16-11-15-17-8-3-9-18-15/h3-9,12,16H,10-11H2,1-2H3. The lowest BCUT2D eigenvalue weighted by molar-refractivity contribution is 0.662. The van der Waals surface area contributed by atoms with Gasteiger partial charge in [-0.15, -0.1) is 0 Å². The number of hydrogen-bond donors (Lipinski definition) is 1. The second-order valence-corrected chi connectivity index (χ2v) is 4.66. The first kappa shape index (κ1) is 12.7. The maximum atomic E-state index is 4.17. The predicted molar refractivity (Wildman–Crippen MR) is 73.1 cm³/mol. The molecular weight excluding hydrogens is 222 g/mol. The molecule has 0 saturated heterocycles. The van der Waals surface area contributed by atoms with Gasteiger partial charge in [-0.25, -0.2) is 9.97 Å². The van der Waals surface area contributed by atoms with E-state index in [1.807, 2.05) is 6.07 Å². The summed E-state index contributed by atoms with van der Waals surface area (Å²) in [6.07, 6.45) is 3.53.